The van der Waals surface area contributed by atoms with Crippen molar-refractivity contribution < 1.29 is 33.6 Å². The van der Waals surface area contributed by atoms with E-state index in [1.807, 2.05) is 22.6 Å². The van der Waals surface area contributed by atoms with Gasteiger partial charge in [0.25, 0.3) is 0 Å². The molecule has 0 saturated carbocycles. The van der Waals surface area contributed by atoms with Crippen LogP contribution < -0.4 is 5.32 Å². The first-order chi connectivity index (χ1) is 11.2. The van der Waals surface area contributed by atoms with Crippen LogP contribution in [0.1, 0.15) is 6.42 Å². The molecule has 0 saturated heterocycles. The monoisotopic (exact) mass is 447 g/mol. The normalized spacial score (nSPS) is 10.8. The van der Waals surface area contributed by atoms with Gasteiger partial charge in [0.15, 0.2) is 5.78 Å². The zero-order chi connectivity index (χ0) is 17.2. The van der Waals surface area contributed by atoms with E-state index >= 15 is 0 Å². The molecule has 0 aromatic carbocycles. The molecule has 0 aromatic rings. The number of ketones is 1. The summed E-state index contributed by atoms with van der Waals surface area (Å²) in [6.45, 7) is 4.50. The lowest BCUT2D eigenvalue weighted by Gasteiger charge is -2.07. The predicted molar refractivity (Wildman–Crippen MR) is 92.3 cm³/mol. The molecule has 0 atom stereocenters. The topological polar surface area (TPSA) is 103 Å². The fourth-order valence-corrected chi connectivity index (χ4v) is 1.61. The van der Waals surface area contributed by atoms with Gasteiger partial charge in [0.1, 0.15) is 0 Å². The maximum Gasteiger partial charge on any atom is 0.305 e. The molecule has 0 aromatic heterocycles. The maximum absolute atomic E-state index is 11.0. The van der Waals surface area contributed by atoms with Crippen LogP contribution in [0.25, 0.3) is 0 Å². The van der Waals surface area contributed by atoms with Crippen LogP contribution in [-0.4, -0.2) is 87.2 Å². The molecule has 0 fully saturated rings. The van der Waals surface area contributed by atoms with Crippen molar-refractivity contribution in [2.75, 3.05) is 70.4 Å². The summed E-state index contributed by atoms with van der Waals surface area (Å²) in [5.41, 5.74) is 0. The van der Waals surface area contributed by atoms with E-state index in [4.69, 9.17) is 24.1 Å². The van der Waals surface area contributed by atoms with Gasteiger partial charge in [-0.3, -0.25) is 9.59 Å². The van der Waals surface area contributed by atoms with Gasteiger partial charge in [0, 0.05) is 6.54 Å². The van der Waals surface area contributed by atoms with Crippen molar-refractivity contribution in [2.24, 2.45) is 0 Å². The summed E-state index contributed by atoms with van der Waals surface area (Å²) in [7, 11) is 0. The Hall–Kier alpha value is -0.330. The summed E-state index contributed by atoms with van der Waals surface area (Å²) in [4.78, 5) is 21.2. The number of halogens is 1. The van der Waals surface area contributed by atoms with E-state index in [-0.39, 0.29) is 18.8 Å². The number of hydrogen-bond donors (Lipinski definition) is 2. The van der Waals surface area contributed by atoms with Crippen LogP contribution in [0.15, 0.2) is 0 Å². The van der Waals surface area contributed by atoms with E-state index in [1.165, 1.54) is 0 Å². The average molecular weight is 447 g/mol. The van der Waals surface area contributed by atoms with Crippen molar-refractivity contribution in [1.82, 2.24) is 5.32 Å². The Labute approximate surface area is 150 Å². The standard InChI is InChI=1S/C14H26INO7/c15-11-13(17)12-16-2-4-21-6-8-23-10-9-22-7-5-20-3-1-14(18)19/h16H,1-12H2,(H,18,19). The average Bonchev–Trinajstić information content (AvgIpc) is 2.53. The number of ether oxygens (including phenoxy) is 4. The highest BCUT2D eigenvalue weighted by molar-refractivity contribution is 14.1. The van der Waals surface area contributed by atoms with Gasteiger partial charge < -0.3 is 29.4 Å². The van der Waals surface area contributed by atoms with Crippen LogP contribution in [0, 0.1) is 0 Å². The van der Waals surface area contributed by atoms with Crippen LogP contribution >= 0.6 is 22.6 Å². The number of hydrogen-bond acceptors (Lipinski definition) is 7. The maximum atomic E-state index is 11.0. The number of carboxylic acids is 1. The van der Waals surface area contributed by atoms with Crippen molar-refractivity contribution in [3.63, 3.8) is 0 Å². The van der Waals surface area contributed by atoms with E-state index in [0.717, 1.165) is 0 Å². The molecule has 0 heterocycles. The molecule has 0 rings (SSSR count). The van der Waals surface area contributed by atoms with E-state index in [0.29, 0.717) is 63.8 Å². The van der Waals surface area contributed by atoms with Crippen molar-refractivity contribution >= 4 is 34.3 Å². The Morgan fingerprint density at radius 1 is 0.826 bits per heavy atom. The number of carbonyl (C=O) groups excluding carboxylic acids is 1. The molecule has 2 N–H and O–H groups in total. The smallest absolute Gasteiger partial charge is 0.305 e. The molecule has 0 aliphatic heterocycles. The van der Waals surface area contributed by atoms with Gasteiger partial charge >= 0.3 is 5.97 Å². The van der Waals surface area contributed by atoms with Gasteiger partial charge in [-0.25, -0.2) is 0 Å². The second-order valence-corrected chi connectivity index (χ2v) is 5.21. The van der Waals surface area contributed by atoms with Crippen molar-refractivity contribution in [2.45, 2.75) is 6.42 Å². The predicted octanol–water partition coefficient (Wildman–Crippen LogP) is 0.121. The van der Waals surface area contributed by atoms with Crippen LogP contribution in [0.2, 0.25) is 0 Å². The van der Waals surface area contributed by atoms with Gasteiger partial charge in [-0.1, -0.05) is 22.6 Å². The summed E-state index contributed by atoms with van der Waals surface area (Å²) in [6, 6.07) is 0. The number of alkyl halides is 1. The van der Waals surface area contributed by atoms with E-state index < -0.39 is 5.97 Å². The minimum atomic E-state index is -0.869. The first kappa shape index (κ1) is 22.7. The Morgan fingerprint density at radius 2 is 1.30 bits per heavy atom. The third-order valence-electron chi connectivity index (χ3n) is 2.47. The number of aliphatic carboxylic acids is 1. The Bertz CT molecular complexity index is 305. The van der Waals surface area contributed by atoms with E-state index in [2.05, 4.69) is 5.32 Å². The molecule has 0 bridgehead atoms. The molecule has 9 heteroatoms. The van der Waals surface area contributed by atoms with Gasteiger partial charge in [0.2, 0.25) is 0 Å². The second-order valence-electron chi connectivity index (χ2n) is 4.44. The Kier molecular flexibility index (Phi) is 17.8. The second kappa shape index (κ2) is 18.0. The lowest BCUT2D eigenvalue weighted by molar-refractivity contribution is -0.138. The van der Waals surface area contributed by atoms with Crippen molar-refractivity contribution in [1.29, 1.82) is 0 Å². The number of carbonyl (C=O) groups is 2. The minimum Gasteiger partial charge on any atom is -0.481 e. The summed E-state index contributed by atoms with van der Waals surface area (Å²) < 4.78 is 21.5. The van der Waals surface area contributed by atoms with Crippen LogP contribution in [-0.2, 0) is 28.5 Å². The molecule has 0 spiro atoms. The lowest BCUT2D eigenvalue weighted by Crippen LogP contribution is -2.27. The third kappa shape index (κ3) is 19.6. The van der Waals surface area contributed by atoms with Crippen molar-refractivity contribution in [3.05, 3.63) is 0 Å². The van der Waals surface area contributed by atoms with Gasteiger partial charge in [0.05, 0.1) is 70.2 Å². The molecule has 0 amide bonds. The van der Waals surface area contributed by atoms with E-state index in [1.54, 1.807) is 0 Å². The van der Waals surface area contributed by atoms with E-state index in [9.17, 15) is 9.59 Å². The largest absolute Gasteiger partial charge is 0.481 e. The van der Waals surface area contributed by atoms with Crippen LogP contribution in [0.3, 0.4) is 0 Å². The SMILES string of the molecule is O=C(O)CCOCCOCCOCCOCCNCC(=O)CI. The van der Waals surface area contributed by atoms with Gasteiger partial charge in [-0.2, -0.15) is 0 Å². The number of rotatable bonds is 18. The Balaban J connectivity index is 3.02. The molecule has 136 valence electrons. The first-order valence-corrected chi connectivity index (χ1v) is 9.00. The van der Waals surface area contributed by atoms with Crippen molar-refractivity contribution in [3.8, 4) is 0 Å². The summed E-state index contributed by atoms with van der Waals surface area (Å²) in [5.74, 6) is -0.687. The zero-order valence-corrected chi connectivity index (χ0v) is 15.4. The van der Waals surface area contributed by atoms with Crippen LogP contribution in [0.4, 0.5) is 0 Å². The summed E-state index contributed by atoms with van der Waals surface area (Å²) in [5, 5.41) is 11.4. The number of nitrogens with one attached hydrogen (secondary N) is 1. The molecule has 23 heavy (non-hydrogen) atoms. The fourth-order valence-electron chi connectivity index (χ4n) is 1.34. The summed E-state index contributed by atoms with van der Waals surface area (Å²) >= 11 is 2.04. The van der Waals surface area contributed by atoms with Gasteiger partial charge in [-0.15, -0.1) is 0 Å². The zero-order valence-electron chi connectivity index (χ0n) is 13.3. The molecular weight excluding hydrogens is 421 g/mol. The summed E-state index contributed by atoms with van der Waals surface area (Å²) in [6.07, 6.45) is 0.00715. The Morgan fingerprint density at radius 3 is 1.78 bits per heavy atom. The minimum absolute atomic E-state index is 0.00715. The first-order valence-electron chi connectivity index (χ1n) is 7.48. The number of Topliss-reactive ketones (excluding diaryl/α,β-unsaturated/α-hetero) is 1. The quantitative estimate of drug-likeness (QED) is 0.174. The van der Waals surface area contributed by atoms with Crippen LogP contribution in [0.5, 0.6) is 0 Å². The molecular formula is C14H26INO7. The third-order valence-corrected chi connectivity index (χ3v) is 3.32. The molecule has 0 radical (unpaired) electrons. The molecule has 8 nitrogen and oxygen atoms in total. The highest BCUT2D eigenvalue weighted by Crippen LogP contribution is 1.85. The highest BCUT2D eigenvalue weighted by atomic mass is 127. The van der Waals surface area contributed by atoms with Gasteiger partial charge in [-0.05, 0) is 0 Å². The molecule has 0 aliphatic rings. The number of carboxylic acid groups (broad SMARTS) is 1. The fraction of sp³-hybridized carbons (Fsp3) is 0.857. The lowest BCUT2D eigenvalue weighted by atomic mass is 10.4. The highest BCUT2D eigenvalue weighted by Gasteiger charge is 1.98. The molecule has 0 unspecified atom stereocenters. The molecule has 0 aliphatic carbocycles.